The lowest BCUT2D eigenvalue weighted by Gasteiger charge is -2.11. The van der Waals surface area contributed by atoms with Gasteiger partial charge in [-0.05, 0) is 26.0 Å². The smallest absolute Gasteiger partial charge is 0.264 e. The molecule has 5 nitrogen and oxygen atoms in total. The highest BCUT2D eigenvalue weighted by Gasteiger charge is 2.21. The molecule has 1 aromatic carbocycles. The quantitative estimate of drug-likeness (QED) is 0.920. The largest absolute Gasteiger partial charge is 0.484 e. The van der Waals surface area contributed by atoms with Gasteiger partial charge in [0.05, 0.1) is 5.54 Å². The third-order valence-electron chi connectivity index (χ3n) is 2.30. The first-order chi connectivity index (χ1) is 8.86. The van der Waals surface area contributed by atoms with Crippen molar-refractivity contribution in [3.05, 3.63) is 41.5 Å². The van der Waals surface area contributed by atoms with Crippen molar-refractivity contribution in [1.82, 2.24) is 10.1 Å². The van der Waals surface area contributed by atoms with Crippen LogP contribution < -0.4 is 10.5 Å². The van der Waals surface area contributed by atoms with Gasteiger partial charge in [-0.15, -0.1) is 0 Å². The van der Waals surface area contributed by atoms with Gasteiger partial charge in [-0.3, -0.25) is 0 Å². The zero-order valence-electron chi connectivity index (χ0n) is 10.5. The summed E-state index contributed by atoms with van der Waals surface area (Å²) in [5.41, 5.74) is 5.08. The zero-order chi connectivity index (χ0) is 14.0. The summed E-state index contributed by atoms with van der Waals surface area (Å²) in [7, 11) is 0. The van der Waals surface area contributed by atoms with Crippen molar-refractivity contribution in [2.24, 2.45) is 5.73 Å². The van der Waals surface area contributed by atoms with Crippen molar-refractivity contribution in [3.8, 4) is 5.75 Å². The molecular formula is C12H13F2N3O2. The Morgan fingerprint density at radius 2 is 2.05 bits per heavy atom. The van der Waals surface area contributed by atoms with Crippen molar-refractivity contribution in [2.75, 3.05) is 0 Å². The van der Waals surface area contributed by atoms with Crippen LogP contribution >= 0.6 is 0 Å². The lowest BCUT2D eigenvalue weighted by molar-refractivity contribution is 0.240. The van der Waals surface area contributed by atoms with Crippen LogP contribution in [0.5, 0.6) is 5.75 Å². The summed E-state index contributed by atoms with van der Waals surface area (Å²) in [5.74, 6) is -1.19. The molecule has 19 heavy (non-hydrogen) atoms. The van der Waals surface area contributed by atoms with E-state index < -0.39 is 17.2 Å². The van der Waals surface area contributed by atoms with Crippen LogP contribution in [0.4, 0.5) is 8.78 Å². The van der Waals surface area contributed by atoms with Gasteiger partial charge in [0.25, 0.3) is 5.89 Å². The summed E-state index contributed by atoms with van der Waals surface area (Å²) >= 11 is 0. The van der Waals surface area contributed by atoms with Gasteiger partial charge < -0.3 is 15.0 Å². The molecule has 2 rings (SSSR count). The SMILES string of the molecule is CC(C)(N)c1noc(COc2ccc(F)c(F)c2)n1. The van der Waals surface area contributed by atoms with Gasteiger partial charge in [0.2, 0.25) is 0 Å². The van der Waals surface area contributed by atoms with Crippen molar-refractivity contribution >= 4 is 0 Å². The standard InChI is InChI=1S/C12H13F2N3O2/c1-12(2,15)11-16-10(19-17-11)6-18-7-3-4-8(13)9(14)5-7/h3-5H,6,15H2,1-2H3. The molecule has 2 aromatic rings. The maximum Gasteiger partial charge on any atom is 0.264 e. The molecule has 0 aliphatic rings. The van der Waals surface area contributed by atoms with Gasteiger partial charge in [0, 0.05) is 6.07 Å². The van der Waals surface area contributed by atoms with Crippen LogP contribution in [0.3, 0.4) is 0 Å². The molecule has 102 valence electrons. The monoisotopic (exact) mass is 269 g/mol. The fraction of sp³-hybridized carbons (Fsp3) is 0.333. The summed E-state index contributed by atoms with van der Waals surface area (Å²) in [6.45, 7) is 3.42. The van der Waals surface area contributed by atoms with E-state index in [1.165, 1.54) is 6.07 Å². The Bertz CT molecular complexity index is 579. The minimum Gasteiger partial charge on any atom is -0.484 e. The lowest BCUT2D eigenvalue weighted by atomic mass is 10.1. The Kier molecular flexibility index (Phi) is 3.48. The number of halogens is 2. The van der Waals surface area contributed by atoms with E-state index in [-0.39, 0.29) is 18.2 Å². The zero-order valence-corrected chi connectivity index (χ0v) is 10.5. The molecular weight excluding hydrogens is 256 g/mol. The number of rotatable bonds is 4. The van der Waals surface area contributed by atoms with Crippen LogP contribution in [-0.4, -0.2) is 10.1 Å². The number of nitrogens with zero attached hydrogens (tertiary/aromatic N) is 2. The Hall–Kier alpha value is -2.02. The predicted molar refractivity (Wildman–Crippen MR) is 62.2 cm³/mol. The van der Waals surface area contributed by atoms with E-state index in [2.05, 4.69) is 10.1 Å². The Balaban J connectivity index is 2.02. The fourth-order valence-corrected chi connectivity index (χ4v) is 1.29. The number of hydrogen-bond donors (Lipinski definition) is 1. The van der Waals surface area contributed by atoms with Gasteiger partial charge in [-0.25, -0.2) is 8.78 Å². The van der Waals surface area contributed by atoms with E-state index in [1.807, 2.05) is 0 Å². The number of ether oxygens (including phenoxy) is 1. The summed E-state index contributed by atoms with van der Waals surface area (Å²) in [4.78, 5) is 4.04. The van der Waals surface area contributed by atoms with E-state index in [4.69, 9.17) is 15.0 Å². The number of aromatic nitrogens is 2. The van der Waals surface area contributed by atoms with Crippen molar-refractivity contribution in [2.45, 2.75) is 26.0 Å². The molecule has 0 bridgehead atoms. The van der Waals surface area contributed by atoms with Gasteiger partial charge in [-0.1, -0.05) is 5.16 Å². The Morgan fingerprint density at radius 3 is 2.63 bits per heavy atom. The molecule has 0 unspecified atom stereocenters. The van der Waals surface area contributed by atoms with Crippen molar-refractivity contribution in [3.63, 3.8) is 0 Å². The molecule has 0 saturated heterocycles. The van der Waals surface area contributed by atoms with Crippen molar-refractivity contribution in [1.29, 1.82) is 0 Å². The van der Waals surface area contributed by atoms with Gasteiger partial charge in [0.15, 0.2) is 24.1 Å². The van der Waals surface area contributed by atoms with Crippen LogP contribution in [0.1, 0.15) is 25.6 Å². The maximum atomic E-state index is 12.9. The lowest BCUT2D eigenvalue weighted by Crippen LogP contribution is -2.30. The van der Waals surface area contributed by atoms with E-state index in [1.54, 1.807) is 13.8 Å². The van der Waals surface area contributed by atoms with Crippen LogP contribution in [0.25, 0.3) is 0 Å². The third-order valence-corrected chi connectivity index (χ3v) is 2.30. The van der Waals surface area contributed by atoms with Crippen LogP contribution in [-0.2, 0) is 12.1 Å². The number of nitrogens with two attached hydrogens (primary N) is 1. The molecule has 0 amide bonds. The summed E-state index contributed by atoms with van der Waals surface area (Å²) in [6, 6.07) is 3.23. The first-order valence-corrected chi connectivity index (χ1v) is 5.56. The molecule has 0 radical (unpaired) electrons. The minimum absolute atomic E-state index is 0.0475. The van der Waals surface area contributed by atoms with Gasteiger partial charge in [-0.2, -0.15) is 4.98 Å². The molecule has 1 aromatic heterocycles. The Labute approximate surface area is 108 Å². The normalized spacial score (nSPS) is 11.6. The van der Waals surface area contributed by atoms with E-state index in [9.17, 15) is 8.78 Å². The predicted octanol–water partition coefficient (Wildman–Crippen LogP) is 2.12. The summed E-state index contributed by atoms with van der Waals surface area (Å²) in [6.07, 6.45) is 0. The van der Waals surface area contributed by atoms with E-state index >= 15 is 0 Å². The molecule has 0 aliphatic heterocycles. The van der Waals surface area contributed by atoms with E-state index in [0.717, 1.165) is 12.1 Å². The third kappa shape index (κ3) is 3.25. The number of benzene rings is 1. The van der Waals surface area contributed by atoms with Gasteiger partial charge in [0.1, 0.15) is 5.75 Å². The van der Waals surface area contributed by atoms with E-state index in [0.29, 0.717) is 5.82 Å². The second kappa shape index (κ2) is 4.93. The molecule has 0 saturated carbocycles. The average Bonchev–Trinajstić information content (AvgIpc) is 2.79. The second-order valence-electron chi connectivity index (χ2n) is 4.60. The average molecular weight is 269 g/mol. The first kappa shape index (κ1) is 13.4. The highest BCUT2D eigenvalue weighted by Crippen LogP contribution is 2.17. The molecule has 0 spiro atoms. The minimum atomic E-state index is -0.980. The molecule has 0 atom stereocenters. The van der Waals surface area contributed by atoms with Crippen LogP contribution in [0.2, 0.25) is 0 Å². The summed E-state index contributed by atoms with van der Waals surface area (Å²) < 4.78 is 35.8. The maximum absolute atomic E-state index is 12.9. The fourth-order valence-electron chi connectivity index (χ4n) is 1.29. The van der Waals surface area contributed by atoms with Crippen LogP contribution in [0.15, 0.2) is 22.7 Å². The van der Waals surface area contributed by atoms with Crippen LogP contribution in [0, 0.1) is 11.6 Å². The molecule has 1 heterocycles. The molecule has 0 fully saturated rings. The number of hydrogen-bond acceptors (Lipinski definition) is 5. The Morgan fingerprint density at radius 1 is 1.32 bits per heavy atom. The molecule has 2 N–H and O–H groups in total. The molecule has 7 heteroatoms. The van der Waals surface area contributed by atoms with Gasteiger partial charge >= 0.3 is 0 Å². The highest BCUT2D eigenvalue weighted by molar-refractivity contribution is 5.23. The first-order valence-electron chi connectivity index (χ1n) is 5.56. The summed E-state index contributed by atoms with van der Waals surface area (Å²) in [5, 5.41) is 3.71. The topological polar surface area (TPSA) is 74.2 Å². The second-order valence-corrected chi connectivity index (χ2v) is 4.60. The molecule has 0 aliphatic carbocycles. The van der Waals surface area contributed by atoms with Crippen molar-refractivity contribution < 1.29 is 18.0 Å². The highest BCUT2D eigenvalue weighted by atomic mass is 19.2.